The maximum absolute atomic E-state index is 12.2. The van der Waals surface area contributed by atoms with Gasteiger partial charge >= 0.3 is 5.69 Å². The number of rotatable bonds is 3. The van der Waals surface area contributed by atoms with Crippen molar-refractivity contribution in [3.63, 3.8) is 0 Å². The fourth-order valence-corrected chi connectivity index (χ4v) is 2.59. The highest BCUT2D eigenvalue weighted by molar-refractivity contribution is 5.90. The Morgan fingerprint density at radius 2 is 2.00 bits per heavy atom. The minimum atomic E-state index is -0.239. The summed E-state index contributed by atoms with van der Waals surface area (Å²) in [6.07, 6.45) is 3.97. The second kappa shape index (κ2) is 5.95. The third kappa shape index (κ3) is 3.04. The maximum Gasteiger partial charge on any atom is 0.346 e. The lowest BCUT2D eigenvalue weighted by atomic mass is 10.2. The molecule has 0 saturated carbocycles. The van der Waals surface area contributed by atoms with Crippen molar-refractivity contribution in [2.75, 3.05) is 5.32 Å². The maximum atomic E-state index is 12.2. The Labute approximate surface area is 122 Å². The van der Waals surface area contributed by atoms with Gasteiger partial charge in [-0.3, -0.25) is 9.36 Å². The summed E-state index contributed by atoms with van der Waals surface area (Å²) >= 11 is 0. The number of anilines is 1. The van der Waals surface area contributed by atoms with Gasteiger partial charge in [-0.15, -0.1) is 0 Å². The van der Waals surface area contributed by atoms with E-state index in [4.69, 9.17) is 0 Å². The van der Waals surface area contributed by atoms with Crippen molar-refractivity contribution < 1.29 is 4.79 Å². The number of nitrogens with one attached hydrogen (secondary N) is 1. The molecule has 21 heavy (non-hydrogen) atoms. The number of benzene rings is 1. The Morgan fingerprint density at radius 1 is 1.19 bits per heavy atom. The van der Waals surface area contributed by atoms with Crippen molar-refractivity contribution in [3.05, 3.63) is 46.6 Å². The molecule has 0 unspecified atom stereocenters. The lowest BCUT2D eigenvalue weighted by molar-refractivity contribution is -0.117. The van der Waals surface area contributed by atoms with Gasteiger partial charge in [0.25, 0.3) is 0 Å². The first kappa shape index (κ1) is 13.6. The van der Waals surface area contributed by atoms with Crippen LogP contribution in [0.5, 0.6) is 0 Å². The third-order valence-corrected chi connectivity index (χ3v) is 3.63. The predicted molar refractivity (Wildman–Crippen MR) is 79.1 cm³/mol. The van der Waals surface area contributed by atoms with Gasteiger partial charge in [0.1, 0.15) is 12.4 Å². The SMILES string of the molecule is O=C(Cn1nc2n(c1=O)CCCCC2)Nc1ccccc1. The number of hydrogen-bond acceptors (Lipinski definition) is 3. The van der Waals surface area contributed by atoms with Crippen molar-refractivity contribution in [2.24, 2.45) is 0 Å². The summed E-state index contributed by atoms with van der Waals surface area (Å²) in [6, 6.07) is 9.19. The van der Waals surface area contributed by atoms with Gasteiger partial charge in [0, 0.05) is 18.7 Å². The van der Waals surface area contributed by atoms with Crippen LogP contribution in [0.1, 0.15) is 25.1 Å². The summed E-state index contributed by atoms with van der Waals surface area (Å²) in [5.74, 6) is 0.557. The summed E-state index contributed by atoms with van der Waals surface area (Å²) in [6.45, 7) is 0.655. The van der Waals surface area contributed by atoms with Gasteiger partial charge in [-0.1, -0.05) is 24.6 Å². The molecule has 0 atom stereocenters. The number of aryl methyl sites for hydroxylation is 1. The zero-order valence-electron chi connectivity index (χ0n) is 11.8. The van der Waals surface area contributed by atoms with Crippen LogP contribution in [0.15, 0.2) is 35.1 Å². The zero-order chi connectivity index (χ0) is 14.7. The zero-order valence-corrected chi connectivity index (χ0v) is 11.8. The van der Waals surface area contributed by atoms with Gasteiger partial charge in [0.05, 0.1) is 0 Å². The molecule has 1 aliphatic heterocycles. The number of fused-ring (bicyclic) bond motifs is 1. The number of nitrogens with zero attached hydrogens (tertiary/aromatic N) is 3. The highest BCUT2D eigenvalue weighted by Gasteiger charge is 2.17. The van der Waals surface area contributed by atoms with E-state index in [0.717, 1.165) is 37.2 Å². The monoisotopic (exact) mass is 286 g/mol. The molecule has 0 radical (unpaired) electrons. The summed E-state index contributed by atoms with van der Waals surface area (Å²) < 4.78 is 2.96. The van der Waals surface area contributed by atoms with E-state index in [1.54, 1.807) is 4.57 Å². The molecule has 0 spiro atoms. The molecule has 3 rings (SSSR count). The summed E-state index contributed by atoms with van der Waals surface area (Å²) in [5, 5.41) is 7.06. The van der Waals surface area contributed by atoms with E-state index in [-0.39, 0.29) is 18.1 Å². The summed E-state index contributed by atoms with van der Waals surface area (Å²) in [5.41, 5.74) is 0.534. The van der Waals surface area contributed by atoms with E-state index in [0.29, 0.717) is 6.54 Å². The van der Waals surface area contributed by atoms with Crippen LogP contribution >= 0.6 is 0 Å². The second-order valence-corrected chi connectivity index (χ2v) is 5.23. The average Bonchev–Trinajstić information content (AvgIpc) is 2.67. The van der Waals surface area contributed by atoms with E-state index in [9.17, 15) is 9.59 Å². The molecule has 0 fully saturated rings. The molecule has 0 saturated heterocycles. The number of amides is 1. The number of para-hydroxylation sites is 1. The van der Waals surface area contributed by atoms with Crippen LogP contribution in [0.25, 0.3) is 0 Å². The topological polar surface area (TPSA) is 68.9 Å². The summed E-state index contributed by atoms with van der Waals surface area (Å²) in [7, 11) is 0. The van der Waals surface area contributed by atoms with Gasteiger partial charge in [0.15, 0.2) is 0 Å². The first-order valence-corrected chi connectivity index (χ1v) is 7.25. The highest BCUT2D eigenvalue weighted by Crippen LogP contribution is 2.10. The Hall–Kier alpha value is -2.37. The predicted octanol–water partition coefficient (Wildman–Crippen LogP) is 1.41. The molecule has 0 bridgehead atoms. The van der Waals surface area contributed by atoms with Crippen LogP contribution in [-0.2, 0) is 24.3 Å². The van der Waals surface area contributed by atoms with Gasteiger partial charge < -0.3 is 5.32 Å². The molecule has 2 aromatic rings. The molecule has 110 valence electrons. The van der Waals surface area contributed by atoms with Crippen molar-refractivity contribution in [1.82, 2.24) is 14.3 Å². The quantitative estimate of drug-likeness (QED) is 0.927. The minimum Gasteiger partial charge on any atom is -0.324 e. The van der Waals surface area contributed by atoms with E-state index in [2.05, 4.69) is 10.4 Å². The Bertz CT molecular complexity index is 687. The molecule has 2 heterocycles. The molecule has 1 aromatic carbocycles. The molecule has 1 aliphatic rings. The number of carbonyl (C=O) groups is 1. The summed E-state index contributed by atoms with van der Waals surface area (Å²) in [4.78, 5) is 24.2. The van der Waals surface area contributed by atoms with E-state index in [1.165, 1.54) is 4.68 Å². The molecule has 1 aromatic heterocycles. The number of carbonyl (C=O) groups excluding carboxylic acids is 1. The molecule has 0 aliphatic carbocycles. The van der Waals surface area contributed by atoms with Gasteiger partial charge in [-0.2, -0.15) is 5.10 Å². The number of hydrogen-bond donors (Lipinski definition) is 1. The van der Waals surface area contributed by atoms with Crippen LogP contribution in [0.4, 0.5) is 5.69 Å². The highest BCUT2D eigenvalue weighted by atomic mass is 16.2. The smallest absolute Gasteiger partial charge is 0.324 e. The van der Waals surface area contributed by atoms with E-state index < -0.39 is 0 Å². The van der Waals surface area contributed by atoms with Gasteiger partial charge in [-0.25, -0.2) is 9.48 Å². The normalized spacial score (nSPS) is 14.3. The van der Waals surface area contributed by atoms with Crippen molar-refractivity contribution in [3.8, 4) is 0 Å². The molecule has 1 amide bonds. The van der Waals surface area contributed by atoms with Crippen LogP contribution in [-0.4, -0.2) is 20.3 Å². The standard InChI is InChI=1S/C15H18N4O2/c20-14(16-12-7-3-1-4-8-12)11-19-15(21)18-10-6-2-5-9-13(18)17-19/h1,3-4,7-8H,2,5-6,9-11H2,(H,16,20). The molecule has 6 nitrogen and oxygen atoms in total. The fourth-order valence-electron chi connectivity index (χ4n) is 2.59. The Morgan fingerprint density at radius 3 is 2.81 bits per heavy atom. The third-order valence-electron chi connectivity index (χ3n) is 3.63. The number of aromatic nitrogens is 3. The first-order chi connectivity index (χ1) is 10.2. The molecule has 1 N–H and O–H groups in total. The van der Waals surface area contributed by atoms with Crippen molar-refractivity contribution in [2.45, 2.75) is 38.8 Å². The lowest BCUT2D eigenvalue weighted by Crippen LogP contribution is -2.30. The lowest BCUT2D eigenvalue weighted by Gasteiger charge is -2.04. The van der Waals surface area contributed by atoms with Crippen LogP contribution < -0.4 is 11.0 Å². The second-order valence-electron chi connectivity index (χ2n) is 5.23. The Balaban J connectivity index is 1.73. The minimum absolute atomic E-state index is 0.0479. The molecular weight excluding hydrogens is 268 g/mol. The fraction of sp³-hybridized carbons (Fsp3) is 0.400. The van der Waals surface area contributed by atoms with Gasteiger partial charge in [0.2, 0.25) is 5.91 Å². The van der Waals surface area contributed by atoms with Crippen LogP contribution in [0.2, 0.25) is 0 Å². The van der Waals surface area contributed by atoms with E-state index in [1.807, 2.05) is 30.3 Å². The van der Waals surface area contributed by atoms with Crippen LogP contribution in [0, 0.1) is 0 Å². The first-order valence-electron chi connectivity index (χ1n) is 7.25. The average molecular weight is 286 g/mol. The van der Waals surface area contributed by atoms with Crippen molar-refractivity contribution in [1.29, 1.82) is 0 Å². The molecule has 6 heteroatoms. The van der Waals surface area contributed by atoms with E-state index >= 15 is 0 Å². The van der Waals surface area contributed by atoms with Crippen LogP contribution in [0.3, 0.4) is 0 Å². The largest absolute Gasteiger partial charge is 0.346 e. The van der Waals surface area contributed by atoms with Crippen molar-refractivity contribution >= 4 is 11.6 Å². The van der Waals surface area contributed by atoms with Gasteiger partial charge in [-0.05, 0) is 25.0 Å². The molecular formula is C15H18N4O2. The Kier molecular flexibility index (Phi) is 3.85.